The monoisotopic (exact) mass is 385 g/mol. The first-order chi connectivity index (χ1) is 12.6. The van der Waals surface area contributed by atoms with E-state index in [0.29, 0.717) is 36.3 Å². The van der Waals surface area contributed by atoms with Crippen LogP contribution in [-0.4, -0.2) is 54.1 Å². The van der Waals surface area contributed by atoms with Crippen LogP contribution in [-0.2, 0) is 22.2 Å². The lowest BCUT2D eigenvalue weighted by atomic mass is 10.1. The van der Waals surface area contributed by atoms with E-state index in [1.165, 1.54) is 4.90 Å². The summed E-state index contributed by atoms with van der Waals surface area (Å²) in [6.45, 7) is 3.61. The lowest BCUT2D eigenvalue weighted by Crippen LogP contribution is -2.40. The highest BCUT2D eigenvalue weighted by molar-refractivity contribution is 5.84. The van der Waals surface area contributed by atoms with Crippen LogP contribution in [0.1, 0.15) is 42.0 Å². The summed E-state index contributed by atoms with van der Waals surface area (Å²) < 4.78 is 39.5. The molecule has 0 bridgehead atoms. The van der Waals surface area contributed by atoms with E-state index in [9.17, 15) is 27.9 Å². The molecule has 0 radical (unpaired) electrons. The van der Waals surface area contributed by atoms with Gasteiger partial charge in [-0.15, -0.1) is 5.10 Å². The van der Waals surface area contributed by atoms with Crippen LogP contribution in [0.3, 0.4) is 0 Å². The van der Waals surface area contributed by atoms with Crippen molar-refractivity contribution in [2.24, 2.45) is 0 Å². The first-order valence-electron chi connectivity index (χ1n) is 8.42. The van der Waals surface area contributed by atoms with Gasteiger partial charge in [-0.05, 0) is 38.7 Å². The molecule has 1 aliphatic rings. The lowest BCUT2D eigenvalue weighted by molar-refractivity contribution is -0.148. The second-order valence-corrected chi connectivity index (χ2v) is 6.49. The fourth-order valence-corrected chi connectivity index (χ4v) is 3.39. The minimum absolute atomic E-state index is 0.0411. The minimum atomic E-state index is -4.67. The van der Waals surface area contributed by atoms with Gasteiger partial charge >= 0.3 is 12.1 Å². The molecule has 3 rings (SSSR count). The summed E-state index contributed by atoms with van der Waals surface area (Å²) in [5, 5.41) is 12.6. The first kappa shape index (κ1) is 19.1. The number of nitrogens with zero attached hydrogens (tertiary/aromatic N) is 5. The Balaban J connectivity index is 1.82. The number of aryl methyl sites for hydroxylation is 2. The van der Waals surface area contributed by atoms with E-state index in [1.807, 2.05) is 0 Å². The second kappa shape index (κ2) is 6.78. The van der Waals surface area contributed by atoms with Gasteiger partial charge in [-0.3, -0.25) is 4.79 Å². The average Bonchev–Trinajstić information content (AvgIpc) is 3.20. The molecule has 2 aromatic rings. The predicted molar refractivity (Wildman–Crippen MR) is 85.9 cm³/mol. The van der Waals surface area contributed by atoms with Crippen LogP contribution in [0.15, 0.2) is 0 Å². The zero-order valence-corrected chi connectivity index (χ0v) is 14.7. The van der Waals surface area contributed by atoms with Gasteiger partial charge < -0.3 is 10.0 Å². The molecule has 1 atom stereocenters. The maximum atomic E-state index is 12.8. The Morgan fingerprint density at radius 2 is 1.96 bits per heavy atom. The average molecular weight is 385 g/mol. The summed E-state index contributed by atoms with van der Waals surface area (Å²) >= 11 is 0. The summed E-state index contributed by atoms with van der Waals surface area (Å²) in [6.07, 6.45) is -3.35. The highest BCUT2D eigenvalue weighted by Gasteiger charge is 2.37. The van der Waals surface area contributed by atoms with Crippen molar-refractivity contribution in [1.82, 2.24) is 24.5 Å². The Hall–Kier alpha value is -2.72. The number of hydrogen-bond acceptors (Lipinski definition) is 5. The fraction of sp³-hybridized carbons (Fsp3) is 0.562. The van der Waals surface area contributed by atoms with Crippen LogP contribution < -0.4 is 0 Å². The van der Waals surface area contributed by atoms with E-state index in [-0.39, 0.29) is 24.5 Å². The topological polar surface area (TPSA) is 101 Å². The molecule has 146 valence electrons. The molecule has 1 N–H and O–H groups in total. The van der Waals surface area contributed by atoms with Gasteiger partial charge in [0.25, 0.3) is 11.6 Å². The van der Waals surface area contributed by atoms with Crippen LogP contribution >= 0.6 is 0 Å². The standard InChI is InChI=1S/C16H18F3N5O3/c1-8-10(5-6-12(25)23-7-3-4-11(23)13(26)27)9(2)24-15(20-8)21-14(22-24)16(17,18)19/h11H,3-7H2,1-2H3,(H,26,27)/t11-/m0/s1. The summed E-state index contributed by atoms with van der Waals surface area (Å²) in [7, 11) is 0. The Morgan fingerprint density at radius 3 is 2.59 bits per heavy atom. The fourth-order valence-electron chi connectivity index (χ4n) is 3.39. The van der Waals surface area contributed by atoms with Crippen molar-refractivity contribution < 1.29 is 27.9 Å². The highest BCUT2D eigenvalue weighted by Crippen LogP contribution is 2.27. The van der Waals surface area contributed by atoms with Crippen molar-refractivity contribution in [3.05, 3.63) is 22.8 Å². The molecule has 0 unspecified atom stereocenters. The van der Waals surface area contributed by atoms with Gasteiger partial charge in [-0.1, -0.05) is 0 Å². The van der Waals surface area contributed by atoms with E-state index in [2.05, 4.69) is 15.1 Å². The molecule has 0 aliphatic carbocycles. The molecule has 0 aromatic carbocycles. The molecule has 1 fully saturated rings. The Morgan fingerprint density at radius 1 is 1.26 bits per heavy atom. The van der Waals surface area contributed by atoms with Gasteiger partial charge in [0, 0.05) is 24.4 Å². The summed E-state index contributed by atoms with van der Waals surface area (Å²) in [5.41, 5.74) is 1.48. The largest absolute Gasteiger partial charge is 0.480 e. The van der Waals surface area contributed by atoms with Crippen LogP contribution in [0.4, 0.5) is 13.2 Å². The van der Waals surface area contributed by atoms with E-state index < -0.39 is 24.0 Å². The van der Waals surface area contributed by atoms with Crippen molar-refractivity contribution in [1.29, 1.82) is 0 Å². The number of hydrogen-bond donors (Lipinski definition) is 1. The van der Waals surface area contributed by atoms with Crippen molar-refractivity contribution in [3.63, 3.8) is 0 Å². The van der Waals surface area contributed by atoms with Gasteiger partial charge in [0.1, 0.15) is 6.04 Å². The quantitative estimate of drug-likeness (QED) is 0.861. The number of carboxylic acids is 1. The maximum Gasteiger partial charge on any atom is 0.453 e. The molecule has 2 aromatic heterocycles. The molecule has 1 aliphatic heterocycles. The third-order valence-corrected chi connectivity index (χ3v) is 4.75. The number of aromatic nitrogens is 4. The van der Waals surface area contributed by atoms with Gasteiger partial charge in [-0.25, -0.2) is 14.3 Å². The van der Waals surface area contributed by atoms with E-state index in [1.54, 1.807) is 13.8 Å². The van der Waals surface area contributed by atoms with Gasteiger partial charge in [0.2, 0.25) is 5.91 Å². The summed E-state index contributed by atoms with van der Waals surface area (Å²) in [6, 6.07) is -0.815. The molecule has 8 nitrogen and oxygen atoms in total. The molecule has 1 amide bonds. The number of alkyl halides is 3. The van der Waals surface area contributed by atoms with Crippen LogP contribution in [0.5, 0.6) is 0 Å². The van der Waals surface area contributed by atoms with Gasteiger partial charge in [0.15, 0.2) is 0 Å². The second-order valence-electron chi connectivity index (χ2n) is 6.49. The van der Waals surface area contributed by atoms with Crippen molar-refractivity contribution in [2.75, 3.05) is 6.54 Å². The smallest absolute Gasteiger partial charge is 0.453 e. The number of aliphatic carboxylic acids is 1. The third kappa shape index (κ3) is 3.58. The van der Waals surface area contributed by atoms with Crippen molar-refractivity contribution in [3.8, 4) is 0 Å². The third-order valence-electron chi connectivity index (χ3n) is 4.75. The Labute approximate surface area is 152 Å². The molecule has 0 saturated carbocycles. The number of halogens is 3. The molecule has 3 heterocycles. The number of likely N-dealkylation sites (tertiary alicyclic amines) is 1. The lowest BCUT2D eigenvalue weighted by Gasteiger charge is -2.21. The van der Waals surface area contributed by atoms with Crippen LogP contribution in [0.25, 0.3) is 5.78 Å². The maximum absolute atomic E-state index is 12.8. The number of rotatable bonds is 4. The zero-order chi connectivity index (χ0) is 19.9. The Kier molecular flexibility index (Phi) is 4.79. The SMILES string of the molecule is Cc1nc2nc(C(F)(F)F)nn2c(C)c1CCC(=O)N1CCC[C@H]1C(=O)O. The van der Waals surface area contributed by atoms with E-state index in [0.717, 1.165) is 4.52 Å². The predicted octanol–water partition coefficient (Wildman–Crippen LogP) is 1.77. The summed E-state index contributed by atoms with van der Waals surface area (Å²) in [4.78, 5) is 32.4. The zero-order valence-electron chi connectivity index (χ0n) is 14.7. The molecule has 0 spiro atoms. The van der Waals surface area contributed by atoms with Crippen LogP contribution in [0.2, 0.25) is 0 Å². The minimum Gasteiger partial charge on any atom is -0.480 e. The van der Waals surface area contributed by atoms with Crippen LogP contribution in [0, 0.1) is 13.8 Å². The molecular weight excluding hydrogens is 367 g/mol. The number of amides is 1. The molecule has 11 heteroatoms. The number of carboxylic acid groups (broad SMARTS) is 1. The number of carbonyl (C=O) groups excluding carboxylic acids is 1. The van der Waals surface area contributed by atoms with E-state index in [4.69, 9.17) is 0 Å². The van der Waals surface area contributed by atoms with Gasteiger partial charge in [-0.2, -0.15) is 18.2 Å². The summed E-state index contributed by atoms with van der Waals surface area (Å²) in [5.74, 6) is -2.75. The van der Waals surface area contributed by atoms with Crippen molar-refractivity contribution >= 4 is 17.7 Å². The van der Waals surface area contributed by atoms with E-state index >= 15 is 0 Å². The normalized spacial score (nSPS) is 17.7. The number of carbonyl (C=O) groups is 2. The van der Waals surface area contributed by atoms with Gasteiger partial charge in [0.05, 0.1) is 0 Å². The number of fused-ring (bicyclic) bond motifs is 1. The molecular formula is C16H18F3N5O3. The molecule has 27 heavy (non-hydrogen) atoms. The molecule has 1 saturated heterocycles. The Bertz CT molecular complexity index is 909. The van der Waals surface area contributed by atoms with Crippen molar-refractivity contribution in [2.45, 2.75) is 51.7 Å². The first-order valence-corrected chi connectivity index (χ1v) is 8.42. The highest BCUT2D eigenvalue weighted by atomic mass is 19.4.